The van der Waals surface area contributed by atoms with Gasteiger partial charge in [0.15, 0.2) is 0 Å². The Bertz CT molecular complexity index is 1200. The summed E-state index contributed by atoms with van der Waals surface area (Å²) < 4.78 is 15.7. The Labute approximate surface area is 202 Å². The lowest BCUT2D eigenvalue weighted by molar-refractivity contribution is -0.384. The quantitative estimate of drug-likeness (QED) is 0.187. The van der Waals surface area contributed by atoms with E-state index < -0.39 is 22.8 Å². The molecule has 0 saturated carbocycles. The van der Waals surface area contributed by atoms with E-state index in [4.69, 9.17) is 14.2 Å². The van der Waals surface area contributed by atoms with Crippen molar-refractivity contribution in [2.75, 3.05) is 20.3 Å². The lowest BCUT2D eigenvalue weighted by Crippen LogP contribution is -2.32. The Morgan fingerprint density at radius 3 is 2.34 bits per heavy atom. The molecule has 9 nitrogen and oxygen atoms in total. The average molecular weight is 479 g/mol. The standard InChI is InChI=1S/C26H26N2O7/c1-17-22(25(29)34-13-12-19-8-5-4-6-9-19)24(20-10-7-11-21(16-20)28(31)32)23(18(2)27-17)26(30)35-15-14-33-3/h4-13,16,24,27H,14-15H2,1-3H3/b13-12+. The molecule has 9 heteroatoms. The minimum absolute atomic E-state index is 0.00998. The molecule has 182 valence electrons. The van der Waals surface area contributed by atoms with Gasteiger partial charge < -0.3 is 19.5 Å². The van der Waals surface area contributed by atoms with Crippen LogP contribution in [-0.4, -0.2) is 37.2 Å². The summed E-state index contributed by atoms with van der Waals surface area (Å²) in [5, 5.41) is 14.5. The van der Waals surface area contributed by atoms with Crippen LogP contribution in [0.4, 0.5) is 5.69 Å². The van der Waals surface area contributed by atoms with Gasteiger partial charge in [0, 0.05) is 30.6 Å². The first-order valence-electron chi connectivity index (χ1n) is 10.8. The predicted molar refractivity (Wildman–Crippen MR) is 129 cm³/mol. The monoisotopic (exact) mass is 478 g/mol. The minimum atomic E-state index is -0.941. The number of carbonyl (C=O) groups is 2. The molecule has 1 N–H and O–H groups in total. The van der Waals surface area contributed by atoms with Gasteiger partial charge in [-0.3, -0.25) is 10.1 Å². The van der Waals surface area contributed by atoms with Gasteiger partial charge in [-0.25, -0.2) is 9.59 Å². The second-order valence-corrected chi connectivity index (χ2v) is 7.73. The lowest BCUT2D eigenvalue weighted by Gasteiger charge is -2.30. The molecule has 2 aromatic rings. The number of carbonyl (C=O) groups excluding carboxylic acids is 2. The fraction of sp³-hybridized carbons (Fsp3) is 0.231. The third kappa shape index (κ3) is 6.21. The zero-order valence-electron chi connectivity index (χ0n) is 19.6. The van der Waals surface area contributed by atoms with E-state index in [9.17, 15) is 19.7 Å². The number of nitro benzene ring substituents is 1. The third-order valence-corrected chi connectivity index (χ3v) is 5.37. The molecule has 1 unspecified atom stereocenters. The Morgan fingerprint density at radius 2 is 1.69 bits per heavy atom. The number of hydrogen-bond acceptors (Lipinski definition) is 8. The van der Waals surface area contributed by atoms with Crippen LogP contribution in [0.1, 0.15) is 30.9 Å². The van der Waals surface area contributed by atoms with E-state index in [0.717, 1.165) is 5.56 Å². The molecule has 0 amide bonds. The maximum atomic E-state index is 13.2. The maximum absolute atomic E-state index is 13.2. The number of nitrogens with zero attached hydrogens (tertiary/aromatic N) is 1. The van der Waals surface area contributed by atoms with Gasteiger partial charge in [-0.1, -0.05) is 42.5 Å². The van der Waals surface area contributed by atoms with Crippen LogP contribution >= 0.6 is 0 Å². The zero-order valence-corrected chi connectivity index (χ0v) is 19.6. The van der Waals surface area contributed by atoms with E-state index in [1.165, 1.54) is 31.6 Å². The summed E-state index contributed by atoms with van der Waals surface area (Å²) in [6.45, 7) is 3.56. The van der Waals surface area contributed by atoms with Gasteiger partial charge in [-0.15, -0.1) is 0 Å². The highest BCUT2D eigenvalue weighted by molar-refractivity contribution is 6.00. The fourth-order valence-electron chi connectivity index (χ4n) is 3.78. The molecule has 0 radical (unpaired) electrons. The molecule has 0 bridgehead atoms. The number of benzene rings is 2. The van der Waals surface area contributed by atoms with Crippen molar-refractivity contribution in [3.05, 3.63) is 105 Å². The van der Waals surface area contributed by atoms with Gasteiger partial charge >= 0.3 is 11.9 Å². The van der Waals surface area contributed by atoms with Crippen molar-refractivity contribution in [2.24, 2.45) is 0 Å². The summed E-state index contributed by atoms with van der Waals surface area (Å²) in [5.41, 5.74) is 2.29. The van der Waals surface area contributed by atoms with Gasteiger partial charge in [0.25, 0.3) is 5.69 Å². The van der Waals surface area contributed by atoms with Crippen LogP contribution in [-0.2, 0) is 23.8 Å². The highest BCUT2D eigenvalue weighted by atomic mass is 16.6. The Morgan fingerprint density at radius 1 is 1.00 bits per heavy atom. The van der Waals surface area contributed by atoms with E-state index in [2.05, 4.69) is 5.32 Å². The Balaban J connectivity index is 2.01. The number of allylic oxidation sites excluding steroid dienone is 2. The Hall–Kier alpha value is -4.24. The summed E-state index contributed by atoms with van der Waals surface area (Å²) in [7, 11) is 1.48. The Kier molecular flexibility index (Phi) is 8.53. The molecule has 35 heavy (non-hydrogen) atoms. The third-order valence-electron chi connectivity index (χ3n) is 5.37. The van der Waals surface area contributed by atoms with E-state index in [0.29, 0.717) is 17.0 Å². The van der Waals surface area contributed by atoms with Crippen LogP contribution in [0.15, 0.2) is 83.4 Å². The molecule has 0 saturated heterocycles. The number of methoxy groups -OCH3 is 1. The molecule has 2 aromatic carbocycles. The van der Waals surface area contributed by atoms with Crippen molar-refractivity contribution in [1.29, 1.82) is 0 Å². The van der Waals surface area contributed by atoms with Crippen LogP contribution in [0.25, 0.3) is 6.08 Å². The first-order valence-corrected chi connectivity index (χ1v) is 10.8. The smallest absolute Gasteiger partial charge is 0.341 e. The van der Waals surface area contributed by atoms with Crippen molar-refractivity contribution in [1.82, 2.24) is 5.32 Å². The topological polar surface area (TPSA) is 117 Å². The summed E-state index contributed by atoms with van der Waals surface area (Å²) in [6.07, 6.45) is 2.90. The molecule has 0 fully saturated rings. The van der Waals surface area contributed by atoms with E-state index >= 15 is 0 Å². The second kappa shape index (κ2) is 11.8. The number of ether oxygens (including phenoxy) is 3. The van der Waals surface area contributed by atoms with Gasteiger partial charge in [0.2, 0.25) is 0 Å². The van der Waals surface area contributed by atoms with Crippen molar-refractivity contribution in [3.63, 3.8) is 0 Å². The van der Waals surface area contributed by atoms with Gasteiger partial charge in [-0.05, 0) is 31.1 Å². The number of esters is 2. The number of nitro groups is 1. The maximum Gasteiger partial charge on any atom is 0.341 e. The number of rotatable bonds is 9. The average Bonchev–Trinajstić information content (AvgIpc) is 2.84. The van der Waals surface area contributed by atoms with Crippen molar-refractivity contribution < 1.29 is 28.7 Å². The summed E-state index contributed by atoms with van der Waals surface area (Å²) in [5.74, 6) is -2.31. The molecular weight excluding hydrogens is 452 g/mol. The fourth-order valence-corrected chi connectivity index (χ4v) is 3.78. The van der Waals surface area contributed by atoms with Crippen LogP contribution in [0.5, 0.6) is 0 Å². The molecule has 0 aliphatic carbocycles. The van der Waals surface area contributed by atoms with Gasteiger partial charge in [0.1, 0.15) is 6.61 Å². The summed E-state index contributed by atoms with van der Waals surface area (Å²) >= 11 is 0. The summed E-state index contributed by atoms with van der Waals surface area (Å²) in [4.78, 5) is 37.2. The largest absolute Gasteiger partial charge is 0.460 e. The molecule has 1 aliphatic rings. The SMILES string of the molecule is COCCOC(=O)C1=C(C)NC(C)=C(C(=O)O/C=C/c2ccccc2)C1c1cccc([N+](=O)[O-])c1. The predicted octanol–water partition coefficient (Wildman–Crippen LogP) is 4.23. The lowest BCUT2D eigenvalue weighted by atomic mass is 9.80. The molecule has 1 heterocycles. The number of nitrogens with one attached hydrogen (secondary N) is 1. The highest BCUT2D eigenvalue weighted by Gasteiger charge is 2.38. The number of hydrogen-bond donors (Lipinski definition) is 1. The molecular formula is C26H26N2O7. The van der Waals surface area contributed by atoms with Crippen LogP contribution in [0.2, 0.25) is 0 Å². The van der Waals surface area contributed by atoms with E-state index in [1.54, 1.807) is 26.0 Å². The van der Waals surface area contributed by atoms with Crippen molar-refractivity contribution >= 4 is 23.7 Å². The molecule has 3 rings (SSSR count). The summed E-state index contributed by atoms with van der Waals surface area (Å²) in [6, 6.07) is 15.1. The van der Waals surface area contributed by atoms with Crippen LogP contribution in [0, 0.1) is 10.1 Å². The first-order chi connectivity index (χ1) is 16.8. The molecule has 0 spiro atoms. The van der Waals surface area contributed by atoms with Crippen LogP contribution < -0.4 is 5.32 Å². The molecule has 1 aliphatic heterocycles. The van der Waals surface area contributed by atoms with Crippen LogP contribution in [0.3, 0.4) is 0 Å². The minimum Gasteiger partial charge on any atom is -0.460 e. The molecule has 0 aromatic heterocycles. The second-order valence-electron chi connectivity index (χ2n) is 7.73. The van der Waals surface area contributed by atoms with Gasteiger partial charge in [0.05, 0.1) is 34.9 Å². The van der Waals surface area contributed by atoms with E-state index in [1.807, 2.05) is 30.3 Å². The number of non-ortho nitro benzene ring substituents is 1. The highest BCUT2D eigenvalue weighted by Crippen LogP contribution is 2.40. The molecule has 1 atom stereocenters. The van der Waals surface area contributed by atoms with E-state index in [-0.39, 0.29) is 30.0 Å². The number of dihydropyridines is 1. The normalized spacial score (nSPS) is 15.7. The van der Waals surface area contributed by atoms with Crippen molar-refractivity contribution in [2.45, 2.75) is 19.8 Å². The van der Waals surface area contributed by atoms with Gasteiger partial charge in [-0.2, -0.15) is 0 Å². The first kappa shape index (κ1) is 25.4. The zero-order chi connectivity index (χ0) is 25.4. The van der Waals surface area contributed by atoms with Crippen molar-refractivity contribution in [3.8, 4) is 0 Å².